The van der Waals surface area contributed by atoms with Crippen LogP contribution in [0.1, 0.15) is 20.8 Å². The van der Waals surface area contributed by atoms with Gasteiger partial charge in [-0.15, -0.1) is 0 Å². The average Bonchev–Trinajstić information content (AvgIpc) is 2.76. The summed E-state index contributed by atoms with van der Waals surface area (Å²) in [6, 6.07) is 4.02. The standard InChI is InChI=1S/C14H17N/c1-4-8-14(10-9-13(3)5-2)15-11-6-7-12-15/h4-7,9-12H,1-3H3/b10-9-,13-5-. The molecule has 0 spiro atoms. The van der Waals surface area contributed by atoms with Crippen molar-refractivity contribution in [3.8, 4) is 0 Å². The van der Waals surface area contributed by atoms with Crippen molar-refractivity contribution in [3.63, 3.8) is 0 Å². The number of hydrogen-bond donors (Lipinski definition) is 0. The van der Waals surface area contributed by atoms with Gasteiger partial charge in [-0.3, -0.25) is 0 Å². The topological polar surface area (TPSA) is 4.93 Å². The lowest BCUT2D eigenvalue weighted by Gasteiger charge is -2.00. The summed E-state index contributed by atoms with van der Waals surface area (Å²) in [6.07, 6.45) is 12.2. The highest BCUT2D eigenvalue weighted by Gasteiger charge is 1.91. The van der Waals surface area contributed by atoms with Crippen molar-refractivity contribution in [1.82, 2.24) is 4.57 Å². The molecule has 0 aliphatic heterocycles. The van der Waals surface area contributed by atoms with E-state index in [4.69, 9.17) is 0 Å². The first-order valence-corrected chi connectivity index (χ1v) is 5.13. The Morgan fingerprint density at radius 2 is 1.80 bits per heavy atom. The van der Waals surface area contributed by atoms with Crippen molar-refractivity contribution in [3.05, 3.63) is 60.1 Å². The highest BCUT2D eigenvalue weighted by molar-refractivity contribution is 5.57. The van der Waals surface area contributed by atoms with Gasteiger partial charge in [0, 0.05) is 12.4 Å². The third kappa shape index (κ3) is 3.49. The van der Waals surface area contributed by atoms with Crippen LogP contribution in [0.4, 0.5) is 0 Å². The van der Waals surface area contributed by atoms with Gasteiger partial charge < -0.3 is 4.57 Å². The van der Waals surface area contributed by atoms with E-state index in [0.29, 0.717) is 0 Å². The Hall–Kier alpha value is -1.72. The molecule has 0 saturated heterocycles. The van der Waals surface area contributed by atoms with Gasteiger partial charge in [0.15, 0.2) is 0 Å². The molecule has 1 nitrogen and oxygen atoms in total. The number of hydrogen-bond acceptors (Lipinski definition) is 0. The summed E-state index contributed by atoms with van der Waals surface area (Å²) in [4.78, 5) is 0. The fourth-order valence-corrected chi connectivity index (χ4v) is 1.16. The van der Waals surface area contributed by atoms with Crippen molar-refractivity contribution in [1.29, 1.82) is 0 Å². The lowest BCUT2D eigenvalue weighted by Crippen LogP contribution is -1.88. The smallest absolute Gasteiger partial charge is 0.0877 e. The maximum Gasteiger partial charge on any atom is 0.0877 e. The molecule has 1 aromatic heterocycles. The Morgan fingerprint density at radius 1 is 1.13 bits per heavy atom. The van der Waals surface area contributed by atoms with Crippen LogP contribution in [0.5, 0.6) is 0 Å². The van der Waals surface area contributed by atoms with Crippen LogP contribution in [-0.2, 0) is 0 Å². The molecule has 0 fully saturated rings. The van der Waals surface area contributed by atoms with Crippen LogP contribution in [0.15, 0.2) is 60.1 Å². The van der Waals surface area contributed by atoms with E-state index < -0.39 is 0 Å². The van der Waals surface area contributed by atoms with Crippen LogP contribution >= 0.6 is 0 Å². The third-order valence-electron chi connectivity index (χ3n) is 2.13. The molecule has 1 heterocycles. The molecule has 0 N–H and O–H groups in total. The molecule has 0 saturated carbocycles. The molecule has 0 aromatic carbocycles. The summed E-state index contributed by atoms with van der Waals surface area (Å²) < 4.78 is 2.04. The Labute approximate surface area is 91.7 Å². The van der Waals surface area contributed by atoms with Gasteiger partial charge in [0.05, 0.1) is 5.70 Å². The Bertz CT molecular complexity index is 410. The highest BCUT2D eigenvalue weighted by atomic mass is 14.9. The van der Waals surface area contributed by atoms with Gasteiger partial charge in [0.2, 0.25) is 0 Å². The molecule has 1 heteroatoms. The molecule has 0 unspecified atom stereocenters. The van der Waals surface area contributed by atoms with E-state index in [0.717, 1.165) is 5.70 Å². The monoisotopic (exact) mass is 199 g/mol. The molecule has 0 amide bonds. The van der Waals surface area contributed by atoms with Crippen LogP contribution in [0, 0.1) is 0 Å². The summed E-state index contributed by atoms with van der Waals surface area (Å²) in [5.74, 6) is 0. The molecule has 0 aliphatic carbocycles. The molecule has 0 radical (unpaired) electrons. The molecule has 0 aliphatic rings. The van der Waals surface area contributed by atoms with Gasteiger partial charge in [-0.25, -0.2) is 0 Å². The summed E-state index contributed by atoms with van der Waals surface area (Å²) >= 11 is 0. The molecule has 15 heavy (non-hydrogen) atoms. The first-order valence-electron chi connectivity index (χ1n) is 5.13. The van der Waals surface area contributed by atoms with Crippen molar-refractivity contribution >= 4 is 5.70 Å². The van der Waals surface area contributed by atoms with E-state index in [1.165, 1.54) is 5.57 Å². The maximum absolute atomic E-state index is 3.21. The minimum absolute atomic E-state index is 1.05. The van der Waals surface area contributed by atoms with Crippen LogP contribution in [-0.4, -0.2) is 4.57 Å². The number of nitrogens with zero attached hydrogens (tertiary/aromatic N) is 1. The zero-order valence-electron chi connectivity index (χ0n) is 9.57. The molecule has 78 valence electrons. The fraction of sp³-hybridized carbons (Fsp3) is 0.214. The highest BCUT2D eigenvalue weighted by Crippen LogP contribution is 2.07. The number of aromatic nitrogens is 1. The normalized spacial score (nSPS) is 11.5. The SMILES string of the molecule is CC=C=C(/C=C\C(C)=C/C)n1cccc1. The lowest BCUT2D eigenvalue weighted by molar-refractivity contribution is 1.13. The molecular formula is C14H17N. The predicted molar refractivity (Wildman–Crippen MR) is 66.5 cm³/mol. The van der Waals surface area contributed by atoms with Gasteiger partial charge in [0.25, 0.3) is 0 Å². The zero-order chi connectivity index (χ0) is 11.1. The molecule has 0 atom stereocenters. The van der Waals surface area contributed by atoms with Gasteiger partial charge >= 0.3 is 0 Å². The van der Waals surface area contributed by atoms with E-state index in [1.807, 2.05) is 49.0 Å². The molecule has 0 bridgehead atoms. The van der Waals surface area contributed by atoms with Gasteiger partial charge in [0.1, 0.15) is 0 Å². The minimum atomic E-state index is 1.05. The van der Waals surface area contributed by atoms with Crippen LogP contribution in [0.2, 0.25) is 0 Å². The summed E-state index contributed by atoms with van der Waals surface area (Å²) in [5.41, 5.74) is 5.50. The van der Waals surface area contributed by atoms with Crippen LogP contribution in [0.3, 0.4) is 0 Å². The second-order valence-electron chi connectivity index (χ2n) is 3.27. The first-order chi connectivity index (χ1) is 7.27. The summed E-state index contributed by atoms with van der Waals surface area (Å²) in [7, 11) is 0. The number of rotatable bonds is 3. The van der Waals surface area contributed by atoms with Crippen molar-refractivity contribution < 1.29 is 0 Å². The largest absolute Gasteiger partial charge is 0.317 e. The van der Waals surface area contributed by atoms with E-state index >= 15 is 0 Å². The molecular weight excluding hydrogens is 182 g/mol. The molecule has 1 rings (SSSR count). The average molecular weight is 199 g/mol. The second-order valence-corrected chi connectivity index (χ2v) is 3.27. The van der Waals surface area contributed by atoms with E-state index in [9.17, 15) is 0 Å². The first kappa shape index (κ1) is 11.4. The van der Waals surface area contributed by atoms with Crippen molar-refractivity contribution in [2.45, 2.75) is 20.8 Å². The van der Waals surface area contributed by atoms with E-state index in [-0.39, 0.29) is 0 Å². The van der Waals surface area contributed by atoms with Crippen LogP contribution in [0.25, 0.3) is 5.70 Å². The van der Waals surface area contributed by atoms with Crippen molar-refractivity contribution in [2.75, 3.05) is 0 Å². The summed E-state index contributed by atoms with van der Waals surface area (Å²) in [5, 5.41) is 0. The third-order valence-corrected chi connectivity index (χ3v) is 2.13. The van der Waals surface area contributed by atoms with Gasteiger partial charge in [-0.2, -0.15) is 0 Å². The summed E-state index contributed by atoms with van der Waals surface area (Å²) in [6.45, 7) is 6.09. The Balaban J connectivity index is 2.98. The van der Waals surface area contributed by atoms with Crippen molar-refractivity contribution in [2.24, 2.45) is 0 Å². The molecule has 1 aromatic rings. The Kier molecular flexibility index (Phi) is 4.46. The number of allylic oxidation sites excluding steroid dienone is 5. The van der Waals surface area contributed by atoms with Crippen LogP contribution < -0.4 is 0 Å². The maximum atomic E-state index is 3.21. The van der Waals surface area contributed by atoms with Gasteiger partial charge in [-0.1, -0.05) is 23.5 Å². The quantitative estimate of drug-likeness (QED) is 0.511. The zero-order valence-corrected chi connectivity index (χ0v) is 9.57. The van der Waals surface area contributed by atoms with E-state index in [2.05, 4.69) is 30.9 Å². The van der Waals surface area contributed by atoms with Gasteiger partial charge in [-0.05, 0) is 45.1 Å². The lowest BCUT2D eigenvalue weighted by atomic mass is 10.2. The minimum Gasteiger partial charge on any atom is -0.317 e. The van der Waals surface area contributed by atoms with E-state index in [1.54, 1.807) is 0 Å². The Morgan fingerprint density at radius 3 is 2.33 bits per heavy atom. The fourth-order valence-electron chi connectivity index (χ4n) is 1.16. The predicted octanol–water partition coefficient (Wildman–Crippen LogP) is 4.03. The second kappa shape index (κ2) is 5.90.